The van der Waals surface area contributed by atoms with E-state index in [1.165, 1.54) is 6.07 Å². The summed E-state index contributed by atoms with van der Waals surface area (Å²) in [6, 6.07) is 4.59. The molecular formula is C14H14N2O5. The number of aromatic carboxylic acids is 1. The smallest absolute Gasteiger partial charge is 0.373 e. The molecule has 0 radical (unpaired) electrons. The van der Waals surface area contributed by atoms with Crippen molar-refractivity contribution in [2.45, 2.75) is 26.7 Å². The highest BCUT2D eigenvalue weighted by Gasteiger charge is 2.26. The lowest BCUT2D eigenvalue weighted by atomic mass is 10.1. The summed E-state index contributed by atoms with van der Waals surface area (Å²) in [7, 11) is 0. The van der Waals surface area contributed by atoms with Crippen LogP contribution >= 0.6 is 0 Å². The van der Waals surface area contributed by atoms with E-state index >= 15 is 0 Å². The molecule has 0 aliphatic carbocycles. The Morgan fingerprint density at radius 3 is 2.76 bits per heavy atom. The van der Waals surface area contributed by atoms with Crippen molar-refractivity contribution in [3.8, 4) is 11.5 Å². The third kappa shape index (κ3) is 2.76. The zero-order valence-corrected chi connectivity index (χ0v) is 11.6. The normalized spacial score (nSPS) is 10.6. The molecule has 0 aliphatic rings. The minimum Gasteiger partial charge on any atom is -0.475 e. The number of hydrogen-bond acceptors (Lipinski definition) is 5. The highest BCUT2D eigenvalue weighted by Crippen LogP contribution is 2.33. The van der Waals surface area contributed by atoms with Gasteiger partial charge in [0.25, 0.3) is 5.69 Å². The Hall–Kier alpha value is -2.70. The van der Waals surface area contributed by atoms with E-state index in [2.05, 4.69) is 4.98 Å². The maximum Gasteiger partial charge on any atom is 0.373 e. The predicted molar refractivity (Wildman–Crippen MR) is 74.3 cm³/mol. The van der Waals surface area contributed by atoms with Crippen LogP contribution in [-0.4, -0.2) is 21.0 Å². The molecule has 0 atom stereocenters. The summed E-state index contributed by atoms with van der Waals surface area (Å²) < 4.78 is 5.27. The fourth-order valence-corrected chi connectivity index (χ4v) is 2.11. The molecule has 21 heavy (non-hydrogen) atoms. The summed E-state index contributed by atoms with van der Waals surface area (Å²) in [6.45, 7) is 3.57. The van der Waals surface area contributed by atoms with Gasteiger partial charge in [0.05, 0.1) is 10.6 Å². The lowest BCUT2D eigenvalue weighted by Crippen LogP contribution is -1.99. The van der Waals surface area contributed by atoms with Crippen molar-refractivity contribution < 1.29 is 19.2 Å². The number of carboxylic acid groups (broad SMARTS) is 1. The summed E-state index contributed by atoms with van der Waals surface area (Å²) >= 11 is 0. The van der Waals surface area contributed by atoms with Crippen LogP contribution in [-0.2, 0) is 6.42 Å². The molecule has 0 spiro atoms. The maximum atomic E-state index is 11.2. The van der Waals surface area contributed by atoms with E-state index in [-0.39, 0.29) is 22.9 Å². The molecule has 0 saturated heterocycles. The van der Waals surface area contributed by atoms with Crippen LogP contribution in [0.2, 0.25) is 0 Å². The third-order valence-corrected chi connectivity index (χ3v) is 3.04. The second kappa shape index (κ2) is 5.74. The summed E-state index contributed by atoms with van der Waals surface area (Å²) in [4.78, 5) is 25.9. The summed E-state index contributed by atoms with van der Waals surface area (Å²) in [5.74, 6) is -1.52. The van der Waals surface area contributed by atoms with Gasteiger partial charge in [0.15, 0.2) is 0 Å². The molecule has 1 heterocycles. The van der Waals surface area contributed by atoms with E-state index in [4.69, 9.17) is 9.52 Å². The predicted octanol–water partition coefficient (Wildman–Crippen LogP) is 3.21. The fourth-order valence-electron chi connectivity index (χ4n) is 2.11. The average Bonchev–Trinajstić information content (AvgIpc) is 2.82. The van der Waals surface area contributed by atoms with Gasteiger partial charge < -0.3 is 9.52 Å². The first-order chi connectivity index (χ1) is 9.95. The van der Waals surface area contributed by atoms with Crippen molar-refractivity contribution in [3.63, 3.8) is 0 Å². The molecule has 1 aromatic carbocycles. The van der Waals surface area contributed by atoms with Crippen molar-refractivity contribution >= 4 is 11.7 Å². The van der Waals surface area contributed by atoms with Crippen LogP contribution < -0.4 is 0 Å². The quantitative estimate of drug-likeness (QED) is 0.669. The second-order valence-corrected chi connectivity index (χ2v) is 4.58. The molecule has 0 amide bonds. The summed E-state index contributed by atoms with van der Waals surface area (Å²) in [5, 5.41) is 20.3. The fraction of sp³-hybridized carbons (Fsp3) is 0.286. The molecule has 7 nitrogen and oxygen atoms in total. The topological polar surface area (TPSA) is 106 Å². The van der Waals surface area contributed by atoms with Gasteiger partial charge in [-0.2, -0.15) is 0 Å². The highest BCUT2D eigenvalue weighted by molar-refractivity contribution is 5.86. The standard InChI is InChI=1S/C14H14N2O5/c1-3-5-9-12(14(17)18)21-13(15-9)11-8(2)6-4-7-10(11)16(19)20/h4,6-7H,3,5H2,1-2H3,(H,17,18). The number of rotatable bonds is 5. The maximum absolute atomic E-state index is 11.2. The van der Waals surface area contributed by atoms with Crippen molar-refractivity contribution in [1.82, 2.24) is 4.98 Å². The zero-order valence-electron chi connectivity index (χ0n) is 11.6. The Labute approximate surface area is 120 Å². The van der Waals surface area contributed by atoms with Gasteiger partial charge in [-0.3, -0.25) is 10.1 Å². The van der Waals surface area contributed by atoms with E-state index in [0.717, 1.165) is 0 Å². The van der Waals surface area contributed by atoms with E-state index in [9.17, 15) is 14.9 Å². The van der Waals surface area contributed by atoms with Crippen LogP contribution in [0.3, 0.4) is 0 Å². The number of nitro benzene ring substituents is 1. The van der Waals surface area contributed by atoms with Crippen molar-refractivity contribution in [2.24, 2.45) is 0 Å². The van der Waals surface area contributed by atoms with Crippen molar-refractivity contribution in [2.75, 3.05) is 0 Å². The SMILES string of the molecule is CCCc1nc(-c2c(C)cccc2[N+](=O)[O-])oc1C(=O)O. The van der Waals surface area contributed by atoms with Crippen LogP contribution in [0.15, 0.2) is 22.6 Å². The highest BCUT2D eigenvalue weighted by atomic mass is 16.6. The van der Waals surface area contributed by atoms with Gasteiger partial charge in [-0.05, 0) is 18.9 Å². The van der Waals surface area contributed by atoms with Crippen LogP contribution in [0.5, 0.6) is 0 Å². The molecule has 2 aromatic rings. The van der Waals surface area contributed by atoms with Crippen molar-refractivity contribution in [3.05, 3.63) is 45.3 Å². The lowest BCUT2D eigenvalue weighted by molar-refractivity contribution is -0.384. The number of carbonyl (C=O) groups is 1. The van der Waals surface area contributed by atoms with Gasteiger partial charge >= 0.3 is 5.97 Å². The minimum atomic E-state index is -1.23. The van der Waals surface area contributed by atoms with Crippen molar-refractivity contribution in [1.29, 1.82) is 0 Å². The van der Waals surface area contributed by atoms with Crippen LogP contribution in [0.25, 0.3) is 11.5 Å². The Balaban J connectivity index is 2.65. The molecule has 1 aromatic heterocycles. The molecule has 2 rings (SSSR count). The van der Waals surface area contributed by atoms with Gasteiger partial charge in [-0.1, -0.05) is 25.5 Å². The molecule has 1 N–H and O–H groups in total. The summed E-state index contributed by atoms with van der Waals surface area (Å²) in [5.41, 5.74) is 0.964. The van der Waals surface area contributed by atoms with Gasteiger partial charge in [0.1, 0.15) is 5.56 Å². The molecule has 0 fully saturated rings. The minimum absolute atomic E-state index is 0.0272. The number of hydrogen-bond donors (Lipinski definition) is 1. The molecule has 0 saturated carbocycles. The third-order valence-electron chi connectivity index (χ3n) is 3.04. The van der Waals surface area contributed by atoms with E-state index in [1.807, 2.05) is 6.92 Å². The van der Waals surface area contributed by atoms with Gasteiger partial charge in [0.2, 0.25) is 11.7 Å². The molecule has 110 valence electrons. The first-order valence-corrected chi connectivity index (χ1v) is 6.43. The first kappa shape index (κ1) is 14.7. The summed E-state index contributed by atoms with van der Waals surface area (Å²) in [6.07, 6.45) is 1.13. The number of nitrogens with zero attached hydrogens (tertiary/aromatic N) is 2. The first-order valence-electron chi connectivity index (χ1n) is 6.43. The van der Waals surface area contributed by atoms with E-state index < -0.39 is 10.9 Å². The van der Waals surface area contributed by atoms with Crippen LogP contribution in [0.4, 0.5) is 5.69 Å². The number of benzene rings is 1. The number of aromatic nitrogens is 1. The number of carboxylic acids is 1. The molecular weight excluding hydrogens is 276 g/mol. The molecule has 7 heteroatoms. The number of aryl methyl sites for hydroxylation is 2. The zero-order chi connectivity index (χ0) is 15.6. The Kier molecular flexibility index (Phi) is 4.02. The van der Waals surface area contributed by atoms with Crippen LogP contribution in [0, 0.1) is 17.0 Å². The lowest BCUT2D eigenvalue weighted by Gasteiger charge is -2.02. The molecule has 0 aliphatic heterocycles. The Bertz CT molecular complexity index is 705. The van der Waals surface area contributed by atoms with E-state index in [0.29, 0.717) is 24.1 Å². The van der Waals surface area contributed by atoms with Gasteiger partial charge in [0, 0.05) is 6.07 Å². The average molecular weight is 290 g/mol. The number of nitro groups is 1. The molecule has 0 bridgehead atoms. The molecule has 0 unspecified atom stereocenters. The van der Waals surface area contributed by atoms with E-state index in [1.54, 1.807) is 19.1 Å². The largest absolute Gasteiger partial charge is 0.475 e. The Morgan fingerprint density at radius 2 is 2.19 bits per heavy atom. The van der Waals surface area contributed by atoms with Gasteiger partial charge in [-0.15, -0.1) is 0 Å². The number of oxazole rings is 1. The van der Waals surface area contributed by atoms with Crippen LogP contribution in [0.1, 0.15) is 35.2 Å². The second-order valence-electron chi connectivity index (χ2n) is 4.58. The monoisotopic (exact) mass is 290 g/mol. The Morgan fingerprint density at radius 1 is 1.48 bits per heavy atom. The van der Waals surface area contributed by atoms with Gasteiger partial charge in [-0.25, -0.2) is 9.78 Å².